The predicted octanol–water partition coefficient (Wildman–Crippen LogP) is 3.00. The van der Waals surface area contributed by atoms with Crippen LogP contribution in [0.1, 0.15) is 70.8 Å². The first-order valence-corrected chi connectivity index (χ1v) is 12.8. The Labute approximate surface area is 207 Å². The van der Waals surface area contributed by atoms with Gasteiger partial charge >= 0.3 is 5.97 Å². The molecule has 0 saturated carbocycles. The second-order valence-corrected chi connectivity index (χ2v) is 11.0. The molecule has 35 heavy (non-hydrogen) atoms. The van der Waals surface area contributed by atoms with Crippen molar-refractivity contribution >= 4 is 29.4 Å². The van der Waals surface area contributed by atoms with Crippen LogP contribution >= 0.6 is 0 Å². The number of likely N-dealkylation sites (tertiary alicyclic amines) is 1. The van der Waals surface area contributed by atoms with Crippen LogP contribution in [0.15, 0.2) is 24.3 Å². The summed E-state index contributed by atoms with van der Waals surface area (Å²) in [5, 5.41) is 2.42. The number of hydrogen-bond acceptors (Lipinski definition) is 6. The van der Waals surface area contributed by atoms with Crippen LogP contribution in [0, 0.1) is 11.8 Å². The van der Waals surface area contributed by atoms with E-state index in [9.17, 15) is 19.2 Å². The standard InChI is InChI=1S/C27H37N3O5/c1-27(2,3)35-26(34)20-12-16-30(17-13-20)25(33)19-10-14-29(15-11-19)21-6-4-18(5-7-21)22-8-9-23(31)28-24(22)32/h4-7,19-20,22H,8-17H2,1-3H3,(H,28,31,32). The van der Waals surface area contributed by atoms with Crippen molar-refractivity contribution in [3.8, 4) is 0 Å². The topological polar surface area (TPSA) is 96.0 Å². The van der Waals surface area contributed by atoms with Crippen LogP contribution in [0.25, 0.3) is 0 Å². The Kier molecular flexibility index (Phi) is 7.47. The molecule has 3 saturated heterocycles. The van der Waals surface area contributed by atoms with Gasteiger partial charge in [-0.2, -0.15) is 0 Å². The van der Waals surface area contributed by atoms with E-state index < -0.39 is 5.60 Å². The molecule has 1 unspecified atom stereocenters. The van der Waals surface area contributed by atoms with E-state index >= 15 is 0 Å². The Morgan fingerprint density at radius 2 is 1.49 bits per heavy atom. The highest BCUT2D eigenvalue weighted by atomic mass is 16.6. The fraction of sp³-hybridized carbons (Fsp3) is 0.630. The minimum absolute atomic E-state index is 0.0204. The monoisotopic (exact) mass is 483 g/mol. The molecule has 3 aliphatic heterocycles. The quantitative estimate of drug-likeness (QED) is 0.523. The number of esters is 1. The molecule has 3 amide bonds. The smallest absolute Gasteiger partial charge is 0.309 e. The zero-order valence-corrected chi connectivity index (χ0v) is 21.0. The first-order chi connectivity index (χ1) is 16.6. The summed E-state index contributed by atoms with van der Waals surface area (Å²) in [4.78, 5) is 53.2. The number of nitrogens with one attached hydrogen (secondary N) is 1. The third kappa shape index (κ3) is 6.21. The highest BCUT2D eigenvalue weighted by molar-refractivity contribution is 6.00. The maximum absolute atomic E-state index is 13.1. The van der Waals surface area contributed by atoms with Crippen LogP contribution < -0.4 is 10.2 Å². The zero-order chi connectivity index (χ0) is 25.2. The summed E-state index contributed by atoms with van der Waals surface area (Å²) in [5.74, 6) is -0.738. The van der Waals surface area contributed by atoms with Crippen LogP contribution in [0.4, 0.5) is 5.69 Å². The molecule has 8 heteroatoms. The lowest BCUT2D eigenvalue weighted by Gasteiger charge is -2.38. The van der Waals surface area contributed by atoms with E-state index in [-0.39, 0.29) is 41.4 Å². The molecule has 0 bridgehead atoms. The highest BCUT2D eigenvalue weighted by Crippen LogP contribution is 2.30. The van der Waals surface area contributed by atoms with Gasteiger partial charge in [0.05, 0.1) is 11.8 Å². The molecule has 0 radical (unpaired) electrons. The number of piperidine rings is 3. The summed E-state index contributed by atoms with van der Waals surface area (Å²) < 4.78 is 5.51. The largest absolute Gasteiger partial charge is 0.460 e. The average molecular weight is 484 g/mol. The second-order valence-electron chi connectivity index (χ2n) is 11.0. The first kappa shape index (κ1) is 25.2. The van der Waals surface area contributed by atoms with Crippen molar-refractivity contribution in [2.45, 2.75) is 70.8 Å². The Bertz CT molecular complexity index is 952. The van der Waals surface area contributed by atoms with Crippen molar-refractivity contribution in [3.05, 3.63) is 29.8 Å². The van der Waals surface area contributed by atoms with Crippen molar-refractivity contribution in [2.75, 3.05) is 31.1 Å². The number of carbonyl (C=O) groups is 4. The highest BCUT2D eigenvalue weighted by Gasteiger charge is 2.34. The van der Waals surface area contributed by atoms with Crippen LogP contribution in [-0.4, -0.2) is 60.4 Å². The maximum atomic E-state index is 13.1. The van der Waals surface area contributed by atoms with E-state index in [1.165, 1.54) is 0 Å². The van der Waals surface area contributed by atoms with Gasteiger partial charge in [0.1, 0.15) is 5.60 Å². The van der Waals surface area contributed by atoms with Crippen molar-refractivity contribution in [1.29, 1.82) is 0 Å². The maximum Gasteiger partial charge on any atom is 0.309 e. The molecule has 190 valence electrons. The summed E-state index contributed by atoms with van der Waals surface area (Å²) in [6, 6.07) is 8.01. The van der Waals surface area contributed by atoms with Gasteiger partial charge in [-0.05, 0) is 70.6 Å². The number of benzene rings is 1. The summed E-state index contributed by atoms with van der Waals surface area (Å²) in [6.45, 7) is 8.48. The fourth-order valence-corrected chi connectivity index (χ4v) is 5.29. The van der Waals surface area contributed by atoms with Gasteiger partial charge in [0, 0.05) is 44.2 Å². The molecule has 1 aromatic rings. The average Bonchev–Trinajstić information content (AvgIpc) is 2.83. The molecule has 4 rings (SSSR count). The molecule has 1 aromatic carbocycles. The minimum atomic E-state index is -0.483. The number of carbonyl (C=O) groups excluding carboxylic acids is 4. The summed E-state index contributed by atoms with van der Waals surface area (Å²) in [6.07, 6.45) is 3.86. The van der Waals surface area contributed by atoms with Gasteiger partial charge in [-0.25, -0.2) is 0 Å². The number of rotatable bonds is 4. The van der Waals surface area contributed by atoms with Crippen LogP contribution in [0.5, 0.6) is 0 Å². The van der Waals surface area contributed by atoms with Crippen molar-refractivity contribution in [3.63, 3.8) is 0 Å². The minimum Gasteiger partial charge on any atom is -0.460 e. The number of anilines is 1. The molecular formula is C27H37N3O5. The molecule has 0 aliphatic carbocycles. The van der Waals surface area contributed by atoms with Crippen molar-refractivity contribution in [2.24, 2.45) is 11.8 Å². The summed E-state index contributed by atoms with van der Waals surface area (Å²) in [5.41, 5.74) is 1.53. The van der Waals surface area contributed by atoms with Crippen molar-refractivity contribution < 1.29 is 23.9 Å². The Hall–Kier alpha value is -2.90. The fourth-order valence-electron chi connectivity index (χ4n) is 5.29. The lowest BCUT2D eigenvalue weighted by Crippen LogP contribution is -2.46. The number of amides is 3. The molecule has 1 atom stereocenters. The van der Waals surface area contributed by atoms with E-state index in [0.29, 0.717) is 38.8 Å². The first-order valence-electron chi connectivity index (χ1n) is 12.8. The molecule has 3 aliphatic rings. The number of hydrogen-bond donors (Lipinski definition) is 1. The SMILES string of the molecule is CC(C)(C)OC(=O)C1CCN(C(=O)C2CCN(c3ccc(C4CCC(=O)NC4=O)cc3)CC2)CC1. The van der Waals surface area contributed by atoms with Gasteiger partial charge in [0.15, 0.2) is 0 Å². The van der Waals surface area contributed by atoms with Gasteiger partial charge in [-0.1, -0.05) is 12.1 Å². The van der Waals surface area contributed by atoms with Gasteiger partial charge in [-0.15, -0.1) is 0 Å². The lowest BCUT2D eigenvalue weighted by atomic mass is 9.90. The molecular weight excluding hydrogens is 446 g/mol. The van der Waals surface area contributed by atoms with Crippen molar-refractivity contribution in [1.82, 2.24) is 10.2 Å². The van der Waals surface area contributed by atoms with E-state index in [1.54, 1.807) is 0 Å². The van der Waals surface area contributed by atoms with Gasteiger partial charge in [0.2, 0.25) is 17.7 Å². The van der Waals surface area contributed by atoms with Gasteiger partial charge in [-0.3, -0.25) is 24.5 Å². The van der Waals surface area contributed by atoms with E-state index in [4.69, 9.17) is 4.74 Å². The molecule has 0 aromatic heterocycles. The molecule has 8 nitrogen and oxygen atoms in total. The summed E-state index contributed by atoms with van der Waals surface area (Å²) in [7, 11) is 0. The van der Waals surface area contributed by atoms with E-state index in [0.717, 1.165) is 37.2 Å². The van der Waals surface area contributed by atoms with Crippen LogP contribution in [-0.2, 0) is 23.9 Å². The third-order valence-corrected chi connectivity index (χ3v) is 7.29. The van der Waals surface area contributed by atoms with Crippen LogP contribution in [0.3, 0.4) is 0 Å². The second kappa shape index (κ2) is 10.4. The number of ether oxygens (including phenoxy) is 1. The van der Waals surface area contributed by atoms with Gasteiger partial charge < -0.3 is 14.5 Å². The Morgan fingerprint density at radius 1 is 0.886 bits per heavy atom. The Morgan fingerprint density at radius 3 is 2.06 bits per heavy atom. The lowest BCUT2D eigenvalue weighted by molar-refractivity contribution is -0.162. The number of nitrogens with zero attached hydrogens (tertiary/aromatic N) is 2. The van der Waals surface area contributed by atoms with Gasteiger partial charge in [0.25, 0.3) is 0 Å². The molecule has 3 heterocycles. The predicted molar refractivity (Wildman–Crippen MR) is 132 cm³/mol. The molecule has 1 N–H and O–H groups in total. The van der Waals surface area contributed by atoms with E-state index in [2.05, 4.69) is 10.2 Å². The third-order valence-electron chi connectivity index (χ3n) is 7.29. The number of imide groups is 1. The summed E-state index contributed by atoms with van der Waals surface area (Å²) >= 11 is 0. The zero-order valence-electron chi connectivity index (χ0n) is 21.0. The molecule has 0 spiro atoms. The van der Waals surface area contributed by atoms with E-state index in [1.807, 2.05) is 49.9 Å². The normalized spacial score (nSPS) is 22.7. The Balaban J connectivity index is 1.24. The van der Waals surface area contributed by atoms with Crippen LogP contribution in [0.2, 0.25) is 0 Å². The molecule has 3 fully saturated rings.